The second-order valence-corrected chi connectivity index (χ2v) is 12.8. The lowest BCUT2D eigenvalue weighted by Crippen LogP contribution is -2.29. The number of unbranched alkanes of at least 4 members (excludes halogenated alkanes) is 8. The fourth-order valence-electron chi connectivity index (χ4n) is 4.27. The predicted molar refractivity (Wildman–Crippen MR) is 193 cm³/mol. The van der Waals surface area contributed by atoms with E-state index in [0.717, 1.165) is 97.0 Å². The van der Waals surface area contributed by atoms with E-state index in [1.807, 2.05) is 0 Å². The fraction of sp³-hybridized carbons (Fsp3) is 0.632. The van der Waals surface area contributed by atoms with Crippen molar-refractivity contribution in [1.82, 2.24) is 0 Å². The van der Waals surface area contributed by atoms with E-state index in [1.165, 1.54) is 0 Å². The zero-order valence-electron chi connectivity index (χ0n) is 29.4. The van der Waals surface area contributed by atoms with Crippen LogP contribution < -0.4 is 0 Å². The summed E-state index contributed by atoms with van der Waals surface area (Å²) in [6, 6.07) is 0. The number of esters is 2. The van der Waals surface area contributed by atoms with Crippen molar-refractivity contribution < 1.29 is 37.6 Å². The summed E-state index contributed by atoms with van der Waals surface area (Å²) in [7, 11) is -3.22. The minimum Gasteiger partial charge on any atom is -0.462 e. The van der Waals surface area contributed by atoms with E-state index in [9.17, 15) is 19.0 Å². The van der Waals surface area contributed by atoms with Crippen molar-refractivity contribution >= 4 is 19.8 Å². The van der Waals surface area contributed by atoms with Gasteiger partial charge < -0.3 is 14.4 Å². The minimum absolute atomic E-state index is 0.215. The van der Waals surface area contributed by atoms with Gasteiger partial charge in [-0.2, -0.15) is 0 Å². The summed E-state index contributed by atoms with van der Waals surface area (Å²) >= 11 is 0. The summed E-state index contributed by atoms with van der Waals surface area (Å²) in [6.45, 7) is 3.59. The molecule has 1 N–H and O–H groups in total. The molecule has 0 spiro atoms. The molecule has 0 aromatic carbocycles. The van der Waals surface area contributed by atoms with Crippen LogP contribution in [0.3, 0.4) is 0 Å². The van der Waals surface area contributed by atoms with Crippen LogP contribution in [0.15, 0.2) is 72.9 Å². The Morgan fingerprint density at radius 1 is 0.596 bits per heavy atom. The maximum Gasteiger partial charge on any atom is 0.472 e. The average molecular weight is 679 g/mol. The van der Waals surface area contributed by atoms with Crippen molar-refractivity contribution in [2.45, 2.75) is 136 Å². The standard InChI is InChI=1S/C38H63O8P/c1-4-6-8-10-12-14-16-18-19-21-23-25-27-29-31-33-38(40)46-36(35-45-47(41,42)43-3)34-44-37(39)32-30-28-26-24-22-20-17-15-13-11-9-7-5-2/h6-9,12-15,18-20,22,36H,4-5,10-11,16-17,21,23-35H2,1-3H3,(H,41,42)/b8-6-,9-7-,14-12-,15-13-,19-18-,22-20-. The number of carbonyl (C=O) groups is 2. The zero-order valence-corrected chi connectivity index (χ0v) is 30.3. The SMILES string of the molecule is CC/C=C\C/C=C\C/C=C\CCCCCCCC(=O)OC(COC(=O)CCCCC/C=C\C/C=C\C/C=C\CC)COP(=O)(O)OC. The molecule has 0 aromatic rings. The summed E-state index contributed by atoms with van der Waals surface area (Å²) in [5, 5.41) is 0. The molecule has 0 fully saturated rings. The third-order valence-electron chi connectivity index (χ3n) is 6.95. The molecule has 2 atom stereocenters. The van der Waals surface area contributed by atoms with E-state index < -0.39 is 32.5 Å². The first-order valence-corrected chi connectivity index (χ1v) is 19.1. The molecule has 9 heteroatoms. The largest absolute Gasteiger partial charge is 0.472 e. The lowest BCUT2D eigenvalue weighted by atomic mass is 10.1. The van der Waals surface area contributed by atoms with Gasteiger partial charge in [0.15, 0.2) is 6.10 Å². The maximum absolute atomic E-state index is 12.4. The first-order chi connectivity index (χ1) is 22.8. The average Bonchev–Trinajstić information content (AvgIpc) is 3.06. The van der Waals surface area contributed by atoms with Crippen LogP contribution in [-0.4, -0.2) is 43.3 Å². The Bertz CT molecular complexity index is 996. The van der Waals surface area contributed by atoms with Gasteiger partial charge in [0.1, 0.15) is 6.61 Å². The molecule has 0 heterocycles. The van der Waals surface area contributed by atoms with Gasteiger partial charge >= 0.3 is 19.8 Å². The minimum atomic E-state index is -4.27. The molecule has 0 bridgehead atoms. The van der Waals surface area contributed by atoms with Crippen LogP contribution in [0, 0.1) is 0 Å². The van der Waals surface area contributed by atoms with Gasteiger partial charge in [-0.3, -0.25) is 18.6 Å². The van der Waals surface area contributed by atoms with E-state index >= 15 is 0 Å². The molecular formula is C38H63O8P. The van der Waals surface area contributed by atoms with Crippen LogP contribution in [0.4, 0.5) is 0 Å². The van der Waals surface area contributed by atoms with E-state index in [-0.39, 0.29) is 19.4 Å². The molecule has 2 unspecified atom stereocenters. The normalized spacial score (nSPS) is 14.4. The summed E-state index contributed by atoms with van der Waals surface area (Å²) < 4.78 is 31.8. The van der Waals surface area contributed by atoms with Crippen LogP contribution in [0.1, 0.15) is 129 Å². The van der Waals surface area contributed by atoms with E-state index in [4.69, 9.17) is 14.0 Å². The number of phosphoric acid groups is 1. The highest BCUT2D eigenvalue weighted by Crippen LogP contribution is 2.42. The number of phosphoric ester groups is 1. The highest BCUT2D eigenvalue weighted by molar-refractivity contribution is 7.47. The highest BCUT2D eigenvalue weighted by atomic mass is 31.2. The van der Waals surface area contributed by atoms with Gasteiger partial charge in [-0.05, 0) is 77.0 Å². The first-order valence-electron chi connectivity index (χ1n) is 17.6. The Morgan fingerprint density at radius 2 is 1.02 bits per heavy atom. The Labute approximate surface area is 285 Å². The van der Waals surface area contributed by atoms with Gasteiger partial charge in [-0.25, -0.2) is 4.57 Å². The predicted octanol–water partition coefficient (Wildman–Crippen LogP) is 10.6. The van der Waals surface area contributed by atoms with Gasteiger partial charge in [0.25, 0.3) is 0 Å². The molecule has 0 rings (SSSR count). The number of rotatable bonds is 31. The molecule has 0 amide bonds. The van der Waals surface area contributed by atoms with Gasteiger partial charge in [0.2, 0.25) is 0 Å². The van der Waals surface area contributed by atoms with Gasteiger partial charge in [0, 0.05) is 20.0 Å². The molecule has 0 saturated heterocycles. The molecule has 0 radical (unpaired) electrons. The molecule has 0 saturated carbocycles. The van der Waals surface area contributed by atoms with E-state index in [0.29, 0.717) is 12.8 Å². The quantitative estimate of drug-likeness (QED) is 0.0334. The second-order valence-electron chi connectivity index (χ2n) is 11.2. The summed E-state index contributed by atoms with van der Waals surface area (Å²) in [4.78, 5) is 34.2. The third kappa shape index (κ3) is 33.2. The lowest BCUT2D eigenvalue weighted by Gasteiger charge is -2.19. The van der Waals surface area contributed by atoms with Crippen LogP contribution in [0.25, 0.3) is 0 Å². The van der Waals surface area contributed by atoms with Crippen LogP contribution in [0.5, 0.6) is 0 Å². The molecule has 0 aliphatic heterocycles. The maximum atomic E-state index is 12.4. The van der Waals surface area contributed by atoms with Gasteiger partial charge in [-0.15, -0.1) is 0 Å². The molecule has 0 aliphatic rings. The highest BCUT2D eigenvalue weighted by Gasteiger charge is 2.24. The summed E-state index contributed by atoms with van der Waals surface area (Å²) in [5.74, 6) is -0.869. The Hall–Kier alpha value is -2.51. The van der Waals surface area contributed by atoms with E-state index in [2.05, 4.69) is 91.3 Å². The van der Waals surface area contributed by atoms with Crippen molar-refractivity contribution in [3.05, 3.63) is 72.9 Å². The lowest BCUT2D eigenvalue weighted by molar-refractivity contribution is -0.161. The Kier molecular flexibility index (Phi) is 31.6. The number of allylic oxidation sites excluding steroid dienone is 12. The van der Waals surface area contributed by atoms with Crippen molar-refractivity contribution in [2.24, 2.45) is 0 Å². The molecule has 47 heavy (non-hydrogen) atoms. The van der Waals surface area contributed by atoms with Crippen molar-refractivity contribution in [3.8, 4) is 0 Å². The van der Waals surface area contributed by atoms with Gasteiger partial charge in [0.05, 0.1) is 6.61 Å². The zero-order chi connectivity index (χ0) is 34.7. The summed E-state index contributed by atoms with van der Waals surface area (Å²) in [5.41, 5.74) is 0. The van der Waals surface area contributed by atoms with Crippen molar-refractivity contribution in [1.29, 1.82) is 0 Å². The number of ether oxygens (including phenoxy) is 2. The fourth-order valence-corrected chi connectivity index (χ4v) is 4.73. The molecule has 0 aromatic heterocycles. The van der Waals surface area contributed by atoms with Crippen molar-refractivity contribution in [3.63, 3.8) is 0 Å². The topological polar surface area (TPSA) is 108 Å². The number of hydrogen-bond donors (Lipinski definition) is 1. The van der Waals surface area contributed by atoms with Crippen LogP contribution in [0.2, 0.25) is 0 Å². The summed E-state index contributed by atoms with van der Waals surface area (Å²) in [6.07, 6.45) is 41.0. The number of hydrogen-bond acceptors (Lipinski definition) is 7. The first kappa shape index (κ1) is 44.5. The second kappa shape index (κ2) is 33.4. The number of carbonyl (C=O) groups excluding carboxylic acids is 2. The van der Waals surface area contributed by atoms with Gasteiger partial charge in [-0.1, -0.05) is 112 Å². The van der Waals surface area contributed by atoms with E-state index in [1.54, 1.807) is 0 Å². The molecule has 8 nitrogen and oxygen atoms in total. The molecule has 268 valence electrons. The Balaban J connectivity index is 4.19. The third-order valence-corrected chi connectivity index (χ3v) is 7.88. The molecule has 0 aliphatic carbocycles. The van der Waals surface area contributed by atoms with Crippen LogP contribution in [-0.2, 0) is 32.7 Å². The Morgan fingerprint density at radius 3 is 1.53 bits per heavy atom. The van der Waals surface area contributed by atoms with Crippen LogP contribution >= 0.6 is 7.82 Å². The smallest absolute Gasteiger partial charge is 0.462 e. The monoisotopic (exact) mass is 678 g/mol. The van der Waals surface area contributed by atoms with Crippen molar-refractivity contribution in [2.75, 3.05) is 20.3 Å². The molecular weight excluding hydrogens is 615 g/mol.